The summed E-state index contributed by atoms with van der Waals surface area (Å²) in [6.07, 6.45) is 0.352. The summed E-state index contributed by atoms with van der Waals surface area (Å²) in [5, 5.41) is 20.9. The van der Waals surface area contributed by atoms with E-state index >= 15 is 0 Å². The molecule has 1 aromatic rings. The molecule has 21 heavy (non-hydrogen) atoms. The predicted molar refractivity (Wildman–Crippen MR) is 78.7 cm³/mol. The molecule has 0 bridgehead atoms. The van der Waals surface area contributed by atoms with Crippen LogP contribution in [0.4, 0.5) is 5.69 Å². The number of hydrogen-bond donors (Lipinski definition) is 2. The third-order valence-corrected chi connectivity index (χ3v) is 4.90. The van der Waals surface area contributed by atoms with Crippen LogP contribution < -0.4 is 4.72 Å². The first kappa shape index (κ1) is 17.5. The van der Waals surface area contributed by atoms with E-state index in [0.717, 1.165) is 0 Å². The number of aliphatic hydroxyl groups is 1. The Hall–Kier alpha value is -1.51. The summed E-state index contributed by atoms with van der Waals surface area (Å²) in [5.41, 5.74) is -0.395. The quantitative estimate of drug-likeness (QED) is 0.612. The topological polar surface area (TPSA) is 110 Å². The summed E-state index contributed by atoms with van der Waals surface area (Å²) in [5.74, 6) is 0. The van der Waals surface area contributed by atoms with Crippen molar-refractivity contribution in [3.8, 4) is 0 Å². The van der Waals surface area contributed by atoms with Gasteiger partial charge in [-0.25, -0.2) is 13.1 Å². The summed E-state index contributed by atoms with van der Waals surface area (Å²) in [6, 6.07) is 2.51. The molecule has 0 fully saturated rings. The highest BCUT2D eigenvalue weighted by Gasteiger charge is 2.29. The van der Waals surface area contributed by atoms with Gasteiger partial charge in [0.25, 0.3) is 5.69 Å². The molecule has 1 atom stereocenters. The summed E-state index contributed by atoms with van der Waals surface area (Å²) in [4.78, 5) is 9.94. The number of hydrogen-bond acceptors (Lipinski definition) is 5. The molecule has 1 unspecified atom stereocenters. The van der Waals surface area contributed by atoms with E-state index < -0.39 is 26.2 Å². The van der Waals surface area contributed by atoms with Crippen molar-refractivity contribution in [2.75, 3.05) is 6.54 Å². The summed E-state index contributed by atoms with van der Waals surface area (Å²) < 4.78 is 26.7. The molecule has 0 saturated heterocycles. The number of sulfonamides is 1. The van der Waals surface area contributed by atoms with E-state index in [0.29, 0.717) is 17.5 Å². The van der Waals surface area contributed by atoms with Crippen LogP contribution >= 0.6 is 0 Å². The van der Waals surface area contributed by atoms with Gasteiger partial charge in [-0.15, -0.1) is 0 Å². The Labute approximate surface area is 124 Å². The maximum atomic E-state index is 12.3. The highest BCUT2D eigenvalue weighted by Crippen LogP contribution is 2.27. The number of aryl methyl sites for hydroxylation is 2. The molecule has 0 aliphatic heterocycles. The van der Waals surface area contributed by atoms with Crippen LogP contribution in [0.1, 0.15) is 31.4 Å². The van der Waals surface area contributed by atoms with Crippen molar-refractivity contribution >= 4 is 15.7 Å². The first-order chi connectivity index (χ1) is 9.50. The standard InChI is InChI=1S/C13H20N2O5S/c1-5-13(4,16)8-14-21(19,20)12-7-10(3)9(2)6-11(12)15(17)18/h6-7,14,16H,5,8H2,1-4H3. The summed E-state index contributed by atoms with van der Waals surface area (Å²) in [7, 11) is -4.07. The number of rotatable bonds is 6. The highest BCUT2D eigenvalue weighted by molar-refractivity contribution is 7.89. The normalized spacial score (nSPS) is 14.7. The van der Waals surface area contributed by atoms with Crippen molar-refractivity contribution < 1.29 is 18.4 Å². The zero-order valence-corrected chi connectivity index (χ0v) is 13.3. The molecule has 0 radical (unpaired) electrons. The number of nitrogens with one attached hydrogen (secondary N) is 1. The molecule has 1 aromatic carbocycles. The van der Waals surface area contributed by atoms with Crippen molar-refractivity contribution in [2.24, 2.45) is 0 Å². The molecule has 2 N–H and O–H groups in total. The second kappa shape index (κ2) is 6.08. The largest absolute Gasteiger partial charge is 0.389 e. The van der Waals surface area contributed by atoms with Crippen molar-refractivity contribution in [1.29, 1.82) is 0 Å². The average molecular weight is 316 g/mol. The molecule has 0 heterocycles. The minimum Gasteiger partial charge on any atom is -0.389 e. The van der Waals surface area contributed by atoms with E-state index in [4.69, 9.17) is 0 Å². The fourth-order valence-electron chi connectivity index (χ4n) is 1.59. The first-order valence-corrected chi connectivity index (χ1v) is 7.96. The van der Waals surface area contributed by atoms with Crippen molar-refractivity contribution in [3.05, 3.63) is 33.4 Å². The first-order valence-electron chi connectivity index (χ1n) is 6.48. The van der Waals surface area contributed by atoms with Gasteiger partial charge in [-0.05, 0) is 44.4 Å². The van der Waals surface area contributed by atoms with Gasteiger partial charge in [0.05, 0.1) is 10.5 Å². The molecule has 0 saturated carbocycles. The maximum Gasteiger partial charge on any atom is 0.289 e. The zero-order chi connectivity index (χ0) is 16.4. The molecule has 118 valence electrons. The van der Waals surface area contributed by atoms with Crippen LogP contribution in [0.5, 0.6) is 0 Å². The Kier molecular flexibility index (Phi) is 5.08. The van der Waals surface area contributed by atoms with Crippen LogP contribution in [-0.4, -0.2) is 30.6 Å². The number of nitro benzene ring substituents is 1. The van der Waals surface area contributed by atoms with E-state index in [1.807, 2.05) is 0 Å². The Morgan fingerprint density at radius 3 is 2.33 bits per heavy atom. The van der Waals surface area contributed by atoms with Crippen molar-refractivity contribution in [3.63, 3.8) is 0 Å². The molecule has 0 aromatic heterocycles. The van der Waals surface area contributed by atoms with Gasteiger partial charge in [-0.2, -0.15) is 0 Å². The second-order valence-electron chi connectivity index (χ2n) is 5.34. The minimum absolute atomic E-state index is 0.212. The Bertz CT molecular complexity index is 653. The Balaban J connectivity index is 3.25. The van der Waals surface area contributed by atoms with Crippen LogP contribution in [-0.2, 0) is 10.0 Å². The van der Waals surface area contributed by atoms with E-state index in [2.05, 4.69) is 4.72 Å². The van der Waals surface area contributed by atoms with Crippen molar-refractivity contribution in [1.82, 2.24) is 4.72 Å². The van der Waals surface area contributed by atoms with E-state index in [-0.39, 0.29) is 11.4 Å². The van der Waals surface area contributed by atoms with Gasteiger partial charge in [-0.3, -0.25) is 10.1 Å². The third kappa shape index (κ3) is 4.23. The van der Waals surface area contributed by atoms with E-state index in [9.17, 15) is 23.6 Å². The van der Waals surface area contributed by atoms with Gasteiger partial charge in [-0.1, -0.05) is 6.92 Å². The van der Waals surface area contributed by atoms with Crippen LogP contribution in [0.25, 0.3) is 0 Å². The van der Waals surface area contributed by atoms with Gasteiger partial charge in [0, 0.05) is 12.6 Å². The lowest BCUT2D eigenvalue weighted by atomic mass is 10.1. The lowest BCUT2D eigenvalue weighted by Gasteiger charge is -2.21. The molecule has 0 aliphatic carbocycles. The molecular weight excluding hydrogens is 296 g/mol. The average Bonchev–Trinajstić information content (AvgIpc) is 2.39. The lowest BCUT2D eigenvalue weighted by Crippen LogP contribution is -2.40. The zero-order valence-electron chi connectivity index (χ0n) is 12.5. The van der Waals surface area contributed by atoms with Crippen LogP contribution in [0.3, 0.4) is 0 Å². The molecule has 0 aliphatic rings. The smallest absolute Gasteiger partial charge is 0.289 e. The molecular formula is C13H20N2O5S. The summed E-state index contributed by atoms with van der Waals surface area (Å²) >= 11 is 0. The Morgan fingerprint density at radius 2 is 1.86 bits per heavy atom. The Morgan fingerprint density at radius 1 is 1.33 bits per heavy atom. The lowest BCUT2D eigenvalue weighted by molar-refractivity contribution is -0.387. The molecule has 1 rings (SSSR count). The van der Waals surface area contributed by atoms with Gasteiger partial charge in [0.15, 0.2) is 4.90 Å². The van der Waals surface area contributed by atoms with E-state index in [1.54, 1.807) is 20.8 Å². The van der Waals surface area contributed by atoms with Crippen LogP contribution in [0.2, 0.25) is 0 Å². The van der Waals surface area contributed by atoms with E-state index in [1.165, 1.54) is 19.1 Å². The van der Waals surface area contributed by atoms with Crippen molar-refractivity contribution in [2.45, 2.75) is 44.6 Å². The van der Waals surface area contributed by atoms with Gasteiger partial charge in [0.2, 0.25) is 10.0 Å². The summed E-state index contributed by atoms with van der Waals surface area (Å²) in [6.45, 7) is 6.35. The van der Waals surface area contributed by atoms with Gasteiger partial charge < -0.3 is 5.11 Å². The SMILES string of the molecule is CCC(C)(O)CNS(=O)(=O)c1cc(C)c(C)cc1[N+](=O)[O-]. The number of benzene rings is 1. The highest BCUT2D eigenvalue weighted by atomic mass is 32.2. The monoisotopic (exact) mass is 316 g/mol. The second-order valence-corrected chi connectivity index (χ2v) is 7.07. The van der Waals surface area contributed by atoms with Crippen LogP contribution in [0, 0.1) is 24.0 Å². The molecule has 8 heteroatoms. The molecule has 0 spiro atoms. The van der Waals surface area contributed by atoms with Gasteiger partial charge >= 0.3 is 0 Å². The fourth-order valence-corrected chi connectivity index (χ4v) is 2.98. The molecule has 7 nitrogen and oxygen atoms in total. The van der Waals surface area contributed by atoms with Crippen LogP contribution in [0.15, 0.2) is 17.0 Å². The third-order valence-electron chi connectivity index (χ3n) is 3.47. The maximum absolute atomic E-state index is 12.3. The molecule has 0 amide bonds. The fraction of sp³-hybridized carbons (Fsp3) is 0.538. The predicted octanol–water partition coefficient (Wildman–Crippen LogP) is 1.65. The number of nitro groups is 1. The van der Waals surface area contributed by atoms with Gasteiger partial charge in [0.1, 0.15) is 0 Å². The minimum atomic E-state index is -4.07. The number of nitrogens with zero attached hydrogens (tertiary/aromatic N) is 1.